The number of likely N-dealkylation sites (tertiary alicyclic amines) is 1. The zero-order valence-corrected chi connectivity index (χ0v) is 15.0. The van der Waals surface area contributed by atoms with Crippen LogP contribution in [0.25, 0.3) is 0 Å². The van der Waals surface area contributed by atoms with E-state index in [0.717, 1.165) is 18.8 Å². The zero-order valence-electron chi connectivity index (χ0n) is 15.0. The first-order chi connectivity index (χ1) is 12.2. The van der Waals surface area contributed by atoms with E-state index >= 15 is 0 Å². The summed E-state index contributed by atoms with van der Waals surface area (Å²) in [6.07, 6.45) is 6.77. The van der Waals surface area contributed by atoms with Crippen molar-refractivity contribution in [3.05, 3.63) is 30.3 Å². The molecular formula is C20H29N3O2. The third kappa shape index (κ3) is 5.30. The van der Waals surface area contributed by atoms with E-state index in [0.29, 0.717) is 26.1 Å². The predicted octanol–water partition coefficient (Wildman–Crippen LogP) is 2.42. The highest BCUT2D eigenvalue weighted by molar-refractivity contribution is 5.95. The van der Waals surface area contributed by atoms with Gasteiger partial charge >= 0.3 is 0 Å². The van der Waals surface area contributed by atoms with Gasteiger partial charge in [-0.1, -0.05) is 37.5 Å². The van der Waals surface area contributed by atoms with E-state index in [4.69, 9.17) is 0 Å². The lowest BCUT2D eigenvalue weighted by Crippen LogP contribution is -2.40. The van der Waals surface area contributed by atoms with Crippen molar-refractivity contribution in [1.29, 1.82) is 0 Å². The van der Waals surface area contributed by atoms with Crippen LogP contribution in [0, 0.1) is 5.92 Å². The van der Waals surface area contributed by atoms with Gasteiger partial charge in [0.2, 0.25) is 11.8 Å². The van der Waals surface area contributed by atoms with Gasteiger partial charge in [0, 0.05) is 31.1 Å². The molecule has 1 atom stereocenters. The molecule has 0 radical (unpaired) electrons. The highest BCUT2D eigenvalue weighted by Gasteiger charge is 2.30. The Hall–Kier alpha value is -1.88. The van der Waals surface area contributed by atoms with Crippen LogP contribution >= 0.6 is 0 Å². The maximum atomic E-state index is 12.2. The molecule has 0 aromatic heterocycles. The third-order valence-electron chi connectivity index (χ3n) is 5.18. The summed E-state index contributed by atoms with van der Waals surface area (Å²) in [5, 5.41) is 3.04. The molecule has 0 aliphatic carbocycles. The van der Waals surface area contributed by atoms with Crippen molar-refractivity contribution in [1.82, 2.24) is 10.2 Å². The van der Waals surface area contributed by atoms with Gasteiger partial charge in [-0.3, -0.25) is 14.5 Å². The van der Waals surface area contributed by atoms with E-state index in [1.807, 2.05) is 35.2 Å². The fourth-order valence-electron chi connectivity index (χ4n) is 3.76. The first kappa shape index (κ1) is 17.9. The number of rotatable bonds is 5. The number of para-hydroxylation sites is 1. The van der Waals surface area contributed by atoms with Gasteiger partial charge in [0.1, 0.15) is 0 Å². The van der Waals surface area contributed by atoms with Crippen LogP contribution < -0.4 is 10.2 Å². The van der Waals surface area contributed by atoms with E-state index in [9.17, 15) is 9.59 Å². The van der Waals surface area contributed by atoms with Gasteiger partial charge in [0.25, 0.3) is 0 Å². The first-order valence-corrected chi connectivity index (χ1v) is 9.57. The molecule has 25 heavy (non-hydrogen) atoms. The Labute approximate surface area is 150 Å². The maximum Gasteiger partial charge on any atom is 0.234 e. The van der Waals surface area contributed by atoms with E-state index in [1.54, 1.807) is 0 Å². The molecule has 5 heteroatoms. The fraction of sp³-hybridized carbons (Fsp3) is 0.600. The maximum absolute atomic E-state index is 12.2. The van der Waals surface area contributed by atoms with Gasteiger partial charge < -0.3 is 10.2 Å². The SMILES string of the molecule is O=C(CN1CCCCCCC1)NCC1CC(=O)N(c2ccccc2)C1. The Morgan fingerprint density at radius 1 is 1.04 bits per heavy atom. The molecule has 0 saturated carbocycles. The Morgan fingerprint density at radius 2 is 1.72 bits per heavy atom. The molecule has 1 unspecified atom stereocenters. The minimum absolute atomic E-state index is 0.0891. The van der Waals surface area contributed by atoms with Gasteiger partial charge in [-0.25, -0.2) is 0 Å². The molecule has 2 heterocycles. The number of carbonyl (C=O) groups is 2. The number of anilines is 1. The number of carbonyl (C=O) groups excluding carboxylic acids is 2. The second-order valence-electron chi connectivity index (χ2n) is 7.26. The Morgan fingerprint density at radius 3 is 2.44 bits per heavy atom. The van der Waals surface area contributed by atoms with E-state index < -0.39 is 0 Å². The van der Waals surface area contributed by atoms with Gasteiger partial charge in [0.15, 0.2) is 0 Å². The summed E-state index contributed by atoms with van der Waals surface area (Å²) in [7, 11) is 0. The number of hydrogen-bond acceptors (Lipinski definition) is 3. The quantitative estimate of drug-likeness (QED) is 0.893. The highest BCUT2D eigenvalue weighted by atomic mass is 16.2. The molecule has 136 valence electrons. The predicted molar refractivity (Wildman–Crippen MR) is 99.4 cm³/mol. The first-order valence-electron chi connectivity index (χ1n) is 9.57. The monoisotopic (exact) mass is 343 g/mol. The highest BCUT2D eigenvalue weighted by Crippen LogP contribution is 2.24. The molecule has 5 nitrogen and oxygen atoms in total. The fourth-order valence-corrected chi connectivity index (χ4v) is 3.76. The van der Waals surface area contributed by atoms with Gasteiger partial charge in [-0.2, -0.15) is 0 Å². The molecule has 1 N–H and O–H groups in total. The molecule has 1 aromatic rings. The summed E-state index contributed by atoms with van der Waals surface area (Å²) in [5.41, 5.74) is 0.946. The minimum Gasteiger partial charge on any atom is -0.355 e. The van der Waals surface area contributed by atoms with Gasteiger partial charge in [-0.05, 0) is 38.1 Å². The standard InChI is InChI=1S/C20H29N3O2/c24-19(16-22-11-7-2-1-3-8-12-22)21-14-17-13-20(25)23(15-17)18-9-5-4-6-10-18/h4-6,9-10,17H,1-3,7-8,11-16H2,(H,21,24). The Balaban J connectivity index is 1.42. The van der Waals surface area contributed by atoms with Crippen molar-refractivity contribution in [3.8, 4) is 0 Å². The van der Waals surface area contributed by atoms with Crippen molar-refractivity contribution < 1.29 is 9.59 Å². The molecule has 1 aromatic carbocycles. The van der Waals surface area contributed by atoms with Crippen molar-refractivity contribution >= 4 is 17.5 Å². The zero-order chi connectivity index (χ0) is 17.5. The number of hydrogen-bond donors (Lipinski definition) is 1. The number of nitrogens with zero attached hydrogens (tertiary/aromatic N) is 2. The van der Waals surface area contributed by atoms with E-state index in [1.165, 1.54) is 32.1 Å². The van der Waals surface area contributed by atoms with Crippen LogP contribution in [0.3, 0.4) is 0 Å². The smallest absolute Gasteiger partial charge is 0.234 e. The lowest BCUT2D eigenvalue weighted by Gasteiger charge is -2.24. The molecule has 3 rings (SSSR count). The summed E-state index contributed by atoms with van der Waals surface area (Å²) in [6, 6.07) is 9.76. The summed E-state index contributed by atoms with van der Waals surface area (Å²) >= 11 is 0. The lowest BCUT2D eigenvalue weighted by atomic mass is 10.1. The Bertz CT molecular complexity index is 568. The summed E-state index contributed by atoms with van der Waals surface area (Å²) in [6.45, 7) is 3.81. The van der Waals surface area contributed by atoms with Crippen molar-refractivity contribution in [2.45, 2.75) is 38.5 Å². The van der Waals surface area contributed by atoms with Crippen LogP contribution in [0.15, 0.2) is 30.3 Å². The average Bonchev–Trinajstić information content (AvgIpc) is 2.97. The molecule has 0 bridgehead atoms. The van der Waals surface area contributed by atoms with Crippen LogP contribution in [0.1, 0.15) is 38.5 Å². The topological polar surface area (TPSA) is 52.7 Å². The third-order valence-corrected chi connectivity index (χ3v) is 5.18. The largest absolute Gasteiger partial charge is 0.355 e. The summed E-state index contributed by atoms with van der Waals surface area (Å²) < 4.78 is 0. The number of nitrogens with one attached hydrogen (secondary N) is 1. The molecule has 0 spiro atoms. The molecule has 2 aliphatic rings. The molecule has 2 fully saturated rings. The molecule has 2 amide bonds. The molecule has 2 saturated heterocycles. The summed E-state index contributed by atoms with van der Waals surface area (Å²) in [5.74, 6) is 0.435. The van der Waals surface area contributed by atoms with Crippen molar-refractivity contribution in [2.75, 3.05) is 37.6 Å². The van der Waals surface area contributed by atoms with Crippen molar-refractivity contribution in [3.63, 3.8) is 0 Å². The minimum atomic E-state index is 0.0891. The van der Waals surface area contributed by atoms with E-state index in [-0.39, 0.29) is 17.7 Å². The van der Waals surface area contributed by atoms with Crippen LogP contribution in [-0.4, -0.2) is 49.4 Å². The summed E-state index contributed by atoms with van der Waals surface area (Å²) in [4.78, 5) is 28.6. The van der Waals surface area contributed by atoms with Crippen molar-refractivity contribution in [2.24, 2.45) is 5.92 Å². The molecular weight excluding hydrogens is 314 g/mol. The lowest BCUT2D eigenvalue weighted by molar-refractivity contribution is -0.123. The number of amides is 2. The normalized spacial score (nSPS) is 22.5. The average molecular weight is 343 g/mol. The second-order valence-corrected chi connectivity index (χ2v) is 7.26. The Kier molecular flexibility index (Phi) is 6.45. The number of benzene rings is 1. The van der Waals surface area contributed by atoms with Crippen LogP contribution in [0.2, 0.25) is 0 Å². The van der Waals surface area contributed by atoms with Crippen LogP contribution in [0.4, 0.5) is 5.69 Å². The second kappa shape index (κ2) is 8.99. The van der Waals surface area contributed by atoms with Gasteiger partial charge in [0.05, 0.1) is 6.54 Å². The molecule has 2 aliphatic heterocycles. The van der Waals surface area contributed by atoms with Crippen LogP contribution in [-0.2, 0) is 9.59 Å². The van der Waals surface area contributed by atoms with Crippen LogP contribution in [0.5, 0.6) is 0 Å². The van der Waals surface area contributed by atoms with E-state index in [2.05, 4.69) is 10.2 Å². The van der Waals surface area contributed by atoms with Gasteiger partial charge in [-0.15, -0.1) is 0 Å².